The van der Waals surface area contributed by atoms with Gasteiger partial charge in [-0.1, -0.05) is 20.3 Å². The van der Waals surface area contributed by atoms with Gasteiger partial charge in [-0.2, -0.15) is 5.10 Å². The Morgan fingerprint density at radius 3 is 2.62 bits per heavy atom. The van der Waals surface area contributed by atoms with Crippen LogP contribution in [-0.2, 0) is 13.5 Å². The van der Waals surface area contributed by atoms with Crippen LogP contribution in [0.1, 0.15) is 38.8 Å². The van der Waals surface area contributed by atoms with E-state index in [1.54, 1.807) is 0 Å². The van der Waals surface area contributed by atoms with E-state index in [0.717, 1.165) is 12.3 Å². The Balaban J connectivity index is 2.19. The van der Waals surface area contributed by atoms with E-state index in [2.05, 4.69) is 37.4 Å². The average molecular weight is 223 g/mol. The fourth-order valence-corrected chi connectivity index (χ4v) is 2.13. The average Bonchev–Trinajstić information content (AvgIpc) is 2.64. The summed E-state index contributed by atoms with van der Waals surface area (Å²) in [6, 6.07) is 2.77. The number of hydrogen-bond donors (Lipinski definition) is 1. The van der Waals surface area contributed by atoms with Crippen LogP contribution in [0.4, 0.5) is 0 Å². The van der Waals surface area contributed by atoms with Crippen LogP contribution >= 0.6 is 0 Å². The molecular weight excluding hydrogens is 198 g/mol. The zero-order valence-corrected chi connectivity index (χ0v) is 11.0. The van der Waals surface area contributed by atoms with E-state index < -0.39 is 0 Å². The number of hydrogen-bond acceptors (Lipinski definition) is 2. The molecule has 1 N–H and O–H groups in total. The lowest BCUT2D eigenvalue weighted by Gasteiger charge is -2.19. The quantitative estimate of drug-likeness (QED) is 0.719. The second-order valence-corrected chi connectivity index (χ2v) is 4.83. The smallest absolute Gasteiger partial charge is 0.0492 e. The molecule has 1 aromatic heterocycles. The molecule has 92 valence electrons. The van der Waals surface area contributed by atoms with Crippen molar-refractivity contribution in [2.45, 2.75) is 45.6 Å². The second kappa shape index (κ2) is 6.69. The Hall–Kier alpha value is -0.830. The molecule has 16 heavy (non-hydrogen) atoms. The van der Waals surface area contributed by atoms with E-state index in [1.807, 2.05) is 17.9 Å². The van der Waals surface area contributed by atoms with E-state index in [0.29, 0.717) is 6.04 Å². The summed E-state index contributed by atoms with van der Waals surface area (Å²) in [5, 5.41) is 7.57. The molecule has 1 heterocycles. The predicted molar refractivity (Wildman–Crippen MR) is 68.4 cm³/mol. The van der Waals surface area contributed by atoms with Crippen LogP contribution in [-0.4, -0.2) is 22.9 Å². The van der Waals surface area contributed by atoms with Crippen molar-refractivity contribution in [1.82, 2.24) is 15.1 Å². The zero-order chi connectivity index (χ0) is 12.0. The summed E-state index contributed by atoms with van der Waals surface area (Å²) in [6.45, 7) is 4.56. The fourth-order valence-electron chi connectivity index (χ4n) is 2.13. The minimum atomic E-state index is 0.659. The fraction of sp³-hybridized carbons (Fsp3) is 0.769. The first kappa shape index (κ1) is 13.2. The first-order valence-corrected chi connectivity index (χ1v) is 6.29. The third-order valence-electron chi connectivity index (χ3n) is 3.30. The van der Waals surface area contributed by atoms with Crippen molar-refractivity contribution in [1.29, 1.82) is 0 Å². The van der Waals surface area contributed by atoms with Crippen molar-refractivity contribution in [2.75, 3.05) is 7.05 Å². The van der Waals surface area contributed by atoms with Crippen molar-refractivity contribution >= 4 is 0 Å². The molecule has 0 aliphatic heterocycles. The summed E-state index contributed by atoms with van der Waals surface area (Å²) >= 11 is 0. The Labute approximate surface area is 99.2 Å². The summed E-state index contributed by atoms with van der Waals surface area (Å²) in [4.78, 5) is 0. The summed E-state index contributed by atoms with van der Waals surface area (Å²) in [7, 11) is 4.08. The molecule has 0 fully saturated rings. The Bertz CT molecular complexity index is 291. The van der Waals surface area contributed by atoms with Crippen LogP contribution < -0.4 is 5.32 Å². The van der Waals surface area contributed by atoms with Gasteiger partial charge in [0, 0.05) is 25.0 Å². The van der Waals surface area contributed by atoms with Gasteiger partial charge in [-0.05, 0) is 38.3 Å². The topological polar surface area (TPSA) is 29.9 Å². The lowest BCUT2D eigenvalue weighted by molar-refractivity contribution is 0.389. The van der Waals surface area contributed by atoms with E-state index in [4.69, 9.17) is 0 Å². The lowest BCUT2D eigenvalue weighted by Crippen LogP contribution is -2.30. The molecule has 1 atom stereocenters. The molecule has 0 bridgehead atoms. The molecule has 3 heteroatoms. The van der Waals surface area contributed by atoms with Gasteiger partial charge >= 0.3 is 0 Å². The second-order valence-electron chi connectivity index (χ2n) is 4.83. The van der Waals surface area contributed by atoms with Gasteiger partial charge in [-0.15, -0.1) is 0 Å². The van der Waals surface area contributed by atoms with Gasteiger partial charge in [0.25, 0.3) is 0 Å². The Morgan fingerprint density at radius 1 is 1.38 bits per heavy atom. The van der Waals surface area contributed by atoms with Crippen LogP contribution in [0, 0.1) is 5.92 Å². The molecule has 0 aromatic carbocycles. The van der Waals surface area contributed by atoms with Crippen LogP contribution in [0.2, 0.25) is 0 Å². The van der Waals surface area contributed by atoms with Crippen molar-refractivity contribution < 1.29 is 0 Å². The van der Waals surface area contributed by atoms with Gasteiger partial charge in [0.05, 0.1) is 0 Å². The molecule has 0 saturated carbocycles. The van der Waals surface area contributed by atoms with E-state index in [1.165, 1.54) is 25.0 Å². The van der Waals surface area contributed by atoms with Gasteiger partial charge < -0.3 is 5.32 Å². The summed E-state index contributed by atoms with van der Waals surface area (Å²) in [6.07, 6.45) is 6.83. The lowest BCUT2D eigenvalue weighted by atomic mass is 9.98. The van der Waals surface area contributed by atoms with Gasteiger partial charge in [-0.3, -0.25) is 4.68 Å². The summed E-state index contributed by atoms with van der Waals surface area (Å²) in [5.74, 6) is 0.724. The highest BCUT2D eigenvalue weighted by atomic mass is 15.2. The molecular formula is C13H25N3. The van der Waals surface area contributed by atoms with Gasteiger partial charge in [0.15, 0.2) is 0 Å². The van der Waals surface area contributed by atoms with Crippen LogP contribution in [0.25, 0.3) is 0 Å². The maximum atomic E-state index is 4.18. The van der Waals surface area contributed by atoms with Crippen LogP contribution in [0.5, 0.6) is 0 Å². The molecule has 0 amide bonds. The van der Waals surface area contributed by atoms with Crippen LogP contribution in [0.3, 0.4) is 0 Å². The first-order valence-electron chi connectivity index (χ1n) is 6.29. The molecule has 0 saturated heterocycles. The minimum Gasteiger partial charge on any atom is -0.317 e. The van der Waals surface area contributed by atoms with Gasteiger partial charge in [0.1, 0.15) is 0 Å². The monoisotopic (exact) mass is 223 g/mol. The Morgan fingerprint density at radius 2 is 2.12 bits per heavy atom. The minimum absolute atomic E-state index is 0.659. The number of aromatic nitrogens is 2. The predicted octanol–water partition coefficient (Wildman–Crippen LogP) is 2.38. The largest absolute Gasteiger partial charge is 0.317 e. The van der Waals surface area contributed by atoms with E-state index in [-0.39, 0.29) is 0 Å². The van der Waals surface area contributed by atoms with E-state index in [9.17, 15) is 0 Å². The summed E-state index contributed by atoms with van der Waals surface area (Å²) < 4.78 is 1.97. The molecule has 0 aliphatic carbocycles. The molecule has 1 rings (SSSR count). The van der Waals surface area contributed by atoms with E-state index >= 15 is 0 Å². The number of nitrogens with one attached hydrogen (secondary N) is 1. The third kappa shape index (κ3) is 3.97. The Kier molecular flexibility index (Phi) is 5.53. The maximum Gasteiger partial charge on any atom is 0.0492 e. The molecule has 0 aliphatic rings. The molecule has 0 radical (unpaired) electrons. The number of nitrogens with zero attached hydrogens (tertiary/aromatic N) is 2. The first-order chi connectivity index (χ1) is 7.65. The number of unbranched alkanes of at least 4 members (excludes halogenated alkanes) is 1. The SMILES string of the molecule is CNC(CCCCc1ccnn1C)C(C)C. The third-order valence-corrected chi connectivity index (χ3v) is 3.30. The van der Waals surface area contributed by atoms with Crippen LogP contribution in [0.15, 0.2) is 12.3 Å². The highest BCUT2D eigenvalue weighted by Gasteiger charge is 2.09. The number of aryl methyl sites for hydroxylation is 2. The normalized spacial score (nSPS) is 13.3. The molecule has 1 unspecified atom stereocenters. The highest BCUT2D eigenvalue weighted by molar-refractivity contribution is 4.99. The maximum absolute atomic E-state index is 4.18. The molecule has 3 nitrogen and oxygen atoms in total. The van der Waals surface area contributed by atoms with Crippen molar-refractivity contribution in [3.8, 4) is 0 Å². The van der Waals surface area contributed by atoms with Crippen molar-refractivity contribution in [3.05, 3.63) is 18.0 Å². The highest BCUT2D eigenvalue weighted by Crippen LogP contribution is 2.11. The van der Waals surface area contributed by atoms with Gasteiger partial charge in [-0.25, -0.2) is 0 Å². The zero-order valence-electron chi connectivity index (χ0n) is 11.0. The molecule has 1 aromatic rings. The van der Waals surface area contributed by atoms with Crippen molar-refractivity contribution in [3.63, 3.8) is 0 Å². The molecule has 0 spiro atoms. The summed E-state index contributed by atoms with van der Waals surface area (Å²) in [5.41, 5.74) is 1.34. The number of rotatable bonds is 7. The standard InChI is InChI=1S/C13H25N3/c1-11(2)13(14-3)8-6-5-7-12-9-10-15-16(12)4/h9-11,13-14H,5-8H2,1-4H3. The van der Waals surface area contributed by atoms with Gasteiger partial charge in [0.2, 0.25) is 0 Å². The van der Waals surface area contributed by atoms with Crippen molar-refractivity contribution in [2.24, 2.45) is 13.0 Å².